The van der Waals surface area contributed by atoms with Crippen LogP contribution in [-0.4, -0.2) is 43.6 Å². The van der Waals surface area contributed by atoms with Gasteiger partial charge in [0.1, 0.15) is 12.4 Å². The fourth-order valence-corrected chi connectivity index (χ4v) is 1.75. The van der Waals surface area contributed by atoms with E-state index in [0.29, 0.717) is 18.2 Å². The highest BCUT2D eigenvalue weighted by atomic mass is 35.5. The maximum absolute atomic E-state index is 11.8. The highest BCUT2D eigenvalue weighted by Gasteiger charge is 2.16. The van der Waals surface area contributed by atoms with Gasteiger partial charge in [0, 0.05) is 18.1 Å². The van der Waals surface area contributed by atoms with Crippen molar-refractivity contribution in [1.29, 1.82) is 0 Å². The number of ether oxygens (including phenoxy) is 1. The summed E-state index contributed by atoms with van der Waals surface area (Å²) in [5, 5.41) is 3.58. The fraction of sp³-hybridized carbons (Fsp3) is 0.533. The number of amides is 1. The second-order valence-corrected chi connectivity index (χ2v) is 5.19. The Labute approximate surface area is 126 Å². The van der Waals surface area contributed by atoms with Gasteiger partial charge in [0.15, 0.2) is 0 Å². The lowest BCUT2D eigenvalue weighted by Crippen LogP contribution is -2.44. The summed E-state index contributed by atoms with van der Waals surface area (Å²) in [6.07, 6.45) is 0.946. The van der Waals surface area contributed by atoms with E-state index >= 15 is 0 Å². The van der Waals surface area contributed by atoms with E-state index in [4.69, 9.17) is 16.3 Å². The van der Waals surface area contributed by atoms with Crippen molar-refractivity contribution in [1.82, 2.24) is 10.2 Å². The molecule has 112 valence electrons. The first-order chi connectivity index (χ1) is 9.54. The highest BCUT2D eigenvalue weighted by Crippen LogP contribution is 2.15. The third-order valence-electron chi connectivity index (χ3n) is 3.12. The molecule has 1 unspecified atom stereocenters. The van der Waals surface area contributed by atoms with Crippen LogP contribution in [0.3, 0.4) is 0 Å². The number of carbonyl (C=O) groups excluding carboxylic acids is 1. The Balaban J connectivity index is 2.29. The van der Waals surface area contributed by atoms with Gasteiger partial charge in [0.05, 0.1) is 6.04 Å². The van der Waals surface area contributed by atoms with Gasteiger partial charge < -0.3 is 10.1 Å². The molecule has 0 bridgehead atoms. The van der Waals surface area contributed by atoms with Crippen LogP contribution in [0.2, 0.25) is 5.02 Å². The van der Waals surface area contributed by atoms with Crippen LogP contribution in [0.15, 0.2) is 24.3 Å². The van der Waals surface area contributed by atoms with E-state index in [1.807, 2.05) is 37.9 Å². The summed E-state index contributed by atoms with van der Waals surface area (Å²) >= 11 is 5.81. The van der Waals surface area contributed by atoms with Crippen molar-refractivity contribution in [2.75, 3.05) is 26.7 Å². The van der Waals surface area contributed by atoms with Crippen molar-refractivity contribution in [2.24, 2.45) is 0 Å². The minimum absolute atomic E-state index is 0.0563. The molecule has 4 nitrogen and oxygen atoms in total. The summed E-state index contributed by atoms with van der Waals surface area (Å²) in [7, 11) is 1.92. The predicted octanol–water partition coefficient (Wildman–Crippen LogP) is 2.57. The van der Waals surface area contributed by atoms with Gasteiger partial charge in [-0.1, -0.05) is 18.5 Å². The first-order valence-corrected chi connectivity index (χ1v) is 7.28. The number of nitrogens with zero attached hydrogens (tertiary/aromatic N) is 1. The summed E-state index contributed by atoms with van der Waals surface area (Å²) < 4.78 is 5.61. The molecule has 1 aromatic rings. The van der Waals surface area contributed by atoms with Crippen molar-refractivity contribution < 1.29 is 9.53 Å². The Hall–Kier alpha value is -1.26. The molecular formula is C15H23ClN2O2. The van der Waals surface area contributed by atoms with Crippen molar-refractivity contribution in [3.8, 4) is 5.75 Å². The predicted molar refractivity (Wildman–Crippen MR) is 82.3 cm³/mol. The van der Waals surface area contributed by atoms with E-state index in [-0.39, 0.29) is 11.9 Å². The lowest BCUT2D eigenvalue weighted by Gasteiger charge is -2.23. The molecule has 0 spiro atoms. The van der Waals surface area contributed by atoms with Gasteiger partial charge in [-0.25, -0.2) is 0 Å². The zero-order chi connectivity index (χ0) is 15.0. The average molecular weight is 299 g/mol. The third kappa shape index (κ3) is 5.80. The zero-order valence-electron chi connectivity index (χ0n) is 12.4. The zero-order valence-corrected chi connectivity index (χ0v) is 13.1. The topological polar surface area (TPSA) is 41.6 Å². The van der Waals surface area contributed by atoms with Crippen LogP contribution in [0.5, 0.6) is 5.75 Å². The SMILES string of the molecule is CCCNC(=O)C(C)N(C)CCOc1ccc(Cl)cc1. The summed E-state index contributed by atoms with van der Waals surface area (Å²) in [4.78, 5) is 13.8. The van der Waals surface area contributed by atoms with Gasteiger partial charge in [-0.05, 0) is 44.7 Å². The minimum atomic E-state index is -0.157. The molecule has 0 aromatic heterocycles. The van der Waals surface area contributed by atoms with Gasteiger partial charge >= 0.3 is 0 Å². The lowest BCUT2D eigenvalue weighted by atomic mass is 10.2. The number of nitrogens with one attached hydrogen (secondary N) is 1. The van der Waals surface area contributed by atoms with Crippen molar-refractivity contribution in [3.05, 3.63) is 29.3 Å². The largest absolute Gasteiger partial charge is 0.492 e. The summed E-state index contributed by atoms with van der Waals surface area (Å²) in [5.41, 5.74) is 0. The highest BCUT2D eigenvalue weighted by molar-refractivity contribution is 6.30. The van der Waals surface area contributed by atoms with Gasteiger partial charge in [0.25, 0.3) is 0 Å². The average Bonchev–Trinajstić information content (AvgIpc) is 2.45. The number of hydrogen-bond acceptors (Lipinski definition) is 3. The normalized spacial score (nSPS) is 12.2. The molecule has 0 radical (unpaired) electrons. The summed E-state index contributed by atoms with van der Waals surface area (Å²) in [5.74, 6) is 0.840. The van der Waals surface area contributed by atoms with E-state index in [1.54, 1.807) is 12.1 Å². The number of likely N-dealkylation sites (N-methyl/N-ethyl adjacent to an activating group) is 1. The Morgan fingerprint density at radius 3 is 2.65 bits per heavy atom. The molecule has 1 atom stereocenters. The molecule has 5 heteroatoms. The molecular weight excluding hydrogens is 276 g/mol. The van der Waals surface area contributed by atoms with Crippen LogP contribution < -0.4 is 10.1 Å². The van der Waals surface area contributed by atoms with Crippen LogP contribution in [-0.2, 0) is 4.79 Å². The van der Waals surface area contributed by atoms with Crippen LogP contribution in [0.1, 0.15) is 20.3 Å². The smallest absolute Gasteiger partial charge is 0.237 e. The third-order valence-corrected chi connectivity index (χ3v) is 3.37. The standard InChI is InChI=1S/C15H23ClN2O2/c1-4-9-17-15(19)12(2)18(3)10-11-20-14-7-5-13(16)6-8-14/h5-8,12H,4,9-11H2,1-3H3,(H,17,19). The van der Waals surface area contributed by atoms with E-state index in [9.17, 15) is 4.79 Å². The molecule has 1 amide bonds. The molecule has 0 aliphatic rings. The van der Waals surface area contributed by atoms with E-state index in [0.717, 1.165) is 18.7 Å². The summed E-state index contributed by atoms with van der Waals surface area (Å²) in [6.45, 7) is 5.87. The second-order valence-electron chi connectivity index (χ2n) is 4.75. The van der Waals surface area contributed by atoms with Crippen molar-refractivity contribution in [2.45, 2.75) is 26.3 Å². The van der Waals surface area contributed by atoms with Gasteiger partial charge in [0.2, 0.25) is 5.91 Å². The Morgan fingerprint density at radius 1 is 1.40 bits per heavy atom. The molecule has 0 saturated carbocycles. The number of carbonyl (C=O) groups is 1. The Kier molecular flexibility index (Phi) is 7.41. The van der Waals surface area contributed by atoms with Crippen LogP contribution in [0.25, 0.3) is 0 Å². The Bertz CT molecular complexity index is 409. The number of halogens is 1. The fourth-order valence-electron chi connectivity index (χ4n) is 1.63. The molecule has 0 aliphatic carbocycles. The molecule has 20 heavy (non-hydrogen) atoms. The Morgan fingerprint density at radius 2 is 2.05 bits per heavy atom. The molecule has 0 heterocycles. The van der Waals surface area contributed by atoms with E-state index < -0.39 is 0 Å². The van der Waals surface area contributed by atoms with E-state index in [2.05, 4.69) is 5.32 Å². The maximum atomic E-state index is 11.8. The molecule has 1 aromatic carbocycles. The van der Waals surface area contributed by atoms with Crippen LogP contribution in [0.4, 0.5) is 0 Å². The maximum Gasteiger partial charge on any atom is 0.237 e. The minimum Gasteiger partial charge on any atom is -0.492 e. The molecule has 1 rings (SSSR count). The first kappa shape index (κ1) is 16.8. The van der Waals surface area contributed by atoms with Crippen molar-refractivity contribution >= 4 is 17.5 Å². The molecule has 1 N–H and O–H groups in total. The molecule has 0 fully saturated rings. The number of hydrogen-bond donors (Lipinski definition) is 1. The van der Waals surface area contributed by atoms with Crippen LogP contribution in [0, 0.1) is 0 Å². The monoisotopic (exact) mass is 298 g/mol. The molecule has 0 saturated heterocycles. The van der Waals surface area contributed by atoms with Crippen molar-refractivity contribution in [3.63, 3.8) is 0 Å². The number of rotatable bonds is 8. The van der Waals surface area contributed by atoms with Gasteiger partial charge in [-0.15, -0.1) is 0 Å². The second kappa shape index (κ2) is 8.82. The number of benzene rings is 1. The lowest BCUT2D eigenvalue weighted by molar-refractivity contribution is -0.125. The van der Waals surface area contributed by atoms with E-state index in [1.165, 1.54) is 0 Å². The van der Waals surface area contributed by atoms with Gasteiger partial charge in [-0.2, -0.15) is 0 Å². The quantitative estimate of drug-likeness (QED) is 0.802. The van der Waals surface area contributed by atoms with Gasteiger partial charge in [-0.3, -0.25) is 9.69 Å². The first-order valence-electron chi connectivity index (χ1n) is 6.91. The van der Waals surface area contributed by atoms with Crippen LogP contribution >= 0.6 is 11.6 Å². The summed E-state index contributed by atoms with van der Waals surface area (Å²) in [6, 6.07) is 7.10. The molecule has 0 aliphatic heterocycles.